The maximum absolute atomic E-state index is 13.3. The Morgan fingerprint density at radius 2 is 0.877 bits per heavy atom. The summed E-state index contributed by atoms with van der Waals surface area (Å²) in [5, 5.41) is 15.6. The van der Waals surface area contributed by atoms with Gasteiger partial charge < -0.3 is 42.3 Å². The van der Waals surface area contributed by atoms with E-state index in [2.05, 4.69) is 48.4 Å². The summed E-state index contributed by atoms with van der Waals surface area (Å²) in [5.41, 5.74) is 6.74. The van der Waals surface area contributed by atoms with Gasteiger partial charge in [-0.3, -0.25) is 9.59 Å². The molecule has 4 heterocycles. The molecule has 1 N–H and O–H groups in total. The second-order valence-corrected chi connectivity index (χ2v) is 14.7. The molecule has 0 spiro atoms. The Labute approximate surface area is 378 Å². The average molecular weight is 879 g/mol. The number of furan rings is 2. The van der Waals surface area contributed by atoms with Crippen LogP contribution >= 0.6 is 0 Å². The van der Waals surface area contributed by atoms with Gasteiger partial charge in [0.25, 0.3) is 11.8 Å². The van der Waals surface area contributed by atoms with E-state index in [1.165, 1.54) is 11.1 Å². The molecule has 2 amide bonds. The molecular weight excluding hydrogens is 825 g/mol. The molecule has 4 aromatic heterocycles. The van der Waals surface area contributed by atoms with Crippen molar-refractivity contribution in [3.05, 3.63) is 191 Å². The molecule has 4 aromatic carbocycles. The fraction of sp³-hybridized carbons (Fsp3) is 0.231. The van der Waals surface area contributed by atoms with Crippen LogP contribution < -0.4 is 9.47 Å². The van der Waals surface area contributed by atoms with E-state index in [9.17, 15) is 9.59 Å². The third-order valence-corrected chi connectivity index (χ3v) is 10.2. The number of nitrogens with zero attached hydrogens (tertiary/aromatic N) is 4. The van der Waals surface area contributed by atoms with Crippen molar-refractivity contribution < 1.29 is 42.0 Å². The van der Waals surface area contributed by atoms with E-state index < -0.39 is 0 Å². The molecule has 13 heteroatoms. The minimum atomic E-state index is -0.223. The lowest BCUT2D eigenvalue weighted by molar-refractivity contribution is 0.0701. The SMILES string of the molecule is CCO.CCc1ccc(CN(Cc2ccco2)C(=O)c2cc(-c3ccc(OC)cc3)on2)cc1.CCc1ccc(CN(Cc2ccco2)C(=O)c2cc(-c3ccc(OC)cc3)on2)cc1. The molecule has 0 aliphatic heterocycles. The van der Waals surface area contributed by atoms with E-state index in [-0.39, 0.29) is 29.8 Å². The topological polar surface area (TPSA) is 158 Å². The first-order valence-electron chi connectivity index (χ1n) is 21.4. The first kappa shape index (κ1) is 46.9. The molecule has 0 atom stereocenters. The van der Waals surface area contributed by atoms with Crippen molar-refractivity contribution in [1.29, 1.82) is 0 Å². The number of benzene rings is 4. The first-order valence-corrected chi connectivity index (χ1v) is 21.4. The maximum atomic E-state index is 13.3. The van der Waals surface area contributed by atoms with Crippen LogP contribution in [0.4, 0.5) is 0 Å². The molecule has 8 aromatic rings. The summed E-state index contributed by atoms with van der Waals surface area (Å²) in [4.78, 5) is 30.0. The van der Waals surface area contributed by atoms with E-state index in [1.54, 1.807) is 55.6 Å². The summed E-state index contributed by atoms with van der Waals surface area (Å²) >= 11 is 0. The fourth-order valence-electron chi connectivity index (χ4n) is 6.64. The van der Waals surface area contributed by atoms with Gasteiger partial charge in [-0.2, -0.15) is 0 Å². The molecule has 0 bridgehead atoms. The minimum Gasteiger partial charge on any atom is -0.497 e. The van der Waals surface area contributed by atoms with Gasteiger partial charge >= 0.3 is 0 Å². The van der Waals surface area contributed by atoms with Gasteiger partial charge in [0.2, 0.25) is 0 Å². The summed E-state index contributed by atoms with van der Waals surface area (Å²) in [7, 11) is 3.23. The molecule has 336 valence electrons. The van der Waals surface area contributed by atoms with Crippen LogP contribution in [0.3, 0.4) is 0 Å². The van der Waals surface area contributed by atoms with Crippen LogP contribution in [0.5, 0.6) is 11.5 Å². The summed E-state index contributed by atoms with van der Waals surface area (Å²) in [5.74, 6) is 3.51. The van der Waals surface area contributed by atoms with Crippen molar-refractivity contribution in [2.24, 2.45) is 0 Å². The monoisotopic (exact) mass is 878 g/mol. The highest BCUT2D eigenvalue weighted by molar-refractivity contribution is 5.93. The Hall–Kier alpha value is -7.64. The largest absolute Gasteiger partial charge is 0.497 e. The molecule has 0 fully saturated rings. The number of hydrogen-bond donors (Lipinski definition) is 1. The number of rotatable bonds is 16. The van der Waals surface area contributed by atoms with E-state index in [1.807, 2.05) is 97.1 Å². The molecule has 0 saturated carbocycles. The van der Waals surface area contributed by atoms with Crippen molar-refractivity contribution in [3.63, 3.8) is 0 Å². The average Bonchev–Trinajstić information content (AvgIpc) is 4.22. The minimum absolute atomic E-state index is 0.223. The highest BCUT2D eigenvalue weighted by Crippen LogP contribution is 2.26. The number of methoxy groups -OCH3 is 2. The van der Waals surface area contributed by atoms with E-state index in [0.29, 0.717) is 49.2 Å². The fourth-order valence-corrected chi connectivity index (χ4v) is 6.64. The van der Waals surface area contributed by atoms with Gasteiger partial charge in [-0.25, -0.2) is 0 Å². The van der Waals surface area contributed by atoms with Crippen LogP contribution in [0.1, 0.15) is 75.5 Å². The normalized spacial score (nSPS) is 10.6. The number of carbonyl (C=O) groups is 2. The van der Waals surface area contributed by atoms with Crippen LogP contribution in [0.2, 0.25) is 0 Å². The summed E-state index contributed by atoms with van der Waals surface area (Å²) < 4.78 is 32.2. The number of aliphatic hydroxyl groups is 1. The Morgan fingerprint density at radius 1 is 0.523 bits per heavy atom. The highest BCUT2D eigenvalue weighted by atomic mass is 16.5. The standard InChI is InChI=1S/2C25H24N2O4.C2H6O/c2*1-3-18-6-8-19(9-7-18)16-27(17-22-5-4-14-30-22)25(28)23-15-24(31-26-23)20-10-12-21(29-2)13-11-20;1-2-3/h2*4-15H,3,16-17H2,1-2H3;3H,2H2,1H3. The number of amides is 2. The van der Waals surface area contributed by atoms with Gasteiger partial charge in [0, 0.05) is 43.0 Å². The quantitative estimate of drug-likeness (QED) is 0.0985. The van der Waals surface area contributed by atoms with Crippen LogP contribution in [-0.4, -0.2) is 57.9 Å². The van der Waals surface area contributed by atoms with E-state index >= 15 is 0 Å². The molecule has 0 unspecified atom stereocenters. The van der Waals surface area contributed by atoms with Crippen LogP contribution in [0.25, 0.3) is 22.6 Å². The zero-order valence-corrected chi connectivity index (χ0v) is 37.3. The number of aliphatic hydroxyl groups excluding tert-OH is 1. The third kappa shape index (κ3) is 13.2. The van der Waals surface area contributed by atoms with Crippen molar-refractivity contribution >= 4 is 11.8 Å². The lowest BCUT2D eigenvalue weighted by Crippen LogP contribution is -2.30. The van der Waals surface area contributed by atoms with Crippen LogP contribution in [0.15, 0.2) is 164 Å². The first-order chi connectivity index (χ1) is 31.7. The van der Waals surface area contributed by atoms with Gasteiger partial charge in [0.15, 0.2) is 22.9 Å². The van der Waals surface area contributed by atoms with E-state index in [0.717, 1.165) is 46.6 Å². The molecule has 8 rings (SSSR count). The van der Waals surface area contributed by atoms with Gasteiger partial charge in [-0.15, -0.1) is 0 Å². The molecule has 0 aliphatic carbocycles. The van der Waals surface area contributed by atoms with Gasteiger partial charge in [0.1, 0.15) is 23.0 Å². The highest BCUT2D eigenvalue weighted by Gasteiger charge is 2.24. The number of carbonyl (C=O) groups excluding carboxylic acids is 2. The third-order valence-electron chi connectivity index (χ3n) is 10.2. The van der Waals surface area contributed by atoms with Gasteiger partial charge in [0.05, 0.1) is 39.8 Å². The van der Waals surface area contributed by atoms with Gasteiger partial charge in [-0.05, 0) is 115 Å². The van der Waals surface area contributed by atoms with Crippen LogP contribution in [0, 0.1) is 0 Å². The number of aryl methyl sites for hydroxylation is 2. The van der Waals surface area contributed by atoms with Crippen molar-refractivity contribution in [3.8, 4) is 34.1 Å². The van der Waals surface area contributed by atoms with Crippen molar-refractivity contribution in [2.75, 3.05) is 20.8 Å². The molecule has 0 aliphatic rings. The molecule has 65 heavy (non-hydrogen) atoms. The summed E-state index contributed by atoms with van der Waals surface area (Å²) in [6, 6.07) is 42.0. The summed E-state index contributed by atoms with van der Waals surface area (Å²) in [6.07, 6.45) is 5.16. The maximum Gasteiger partial charge on any atom is 0.276 e. The zero-order chi connectivity index (χ0) is 46.0. The Morgan fingerprint density at radius 3 is 1.18 bits per heavy atom. The summed E-state index contributed by atoms with van der Waals surface area (Å²) in [6.45, 7) is 7.72. The predicted molar refractivity (Wildman–Crippen MR) is 246 cm³/mol. The molecule has 0 saturated heterocycles. The zero-order valence-electron chi connectivity index (χ0n) is 37.3. The second-order valence-electron chi connectivity index (χ2n) is 14.7. The Bertz CT molecular complexity index is 2430. The van der Waals surface area contributed by atoms with E-state index in [4.69, 9.17) is 32.5 Å². The molecule has 13 nitrogen and oxygen atoms in total. The van der Waals surface area contributed by atoms with Gasteiger partial charge in [-0.1, -0.05) is 72.7 Å². The smallest absolute Gasteiger partial charge is 0.276 e. The second kappa shape index (κ2) is 23.7. The van der Waals surface area contributed by atoms with Crippen LogP contribution in [-0.2, 0) is 39.0 Å². The molecular formula is C52H54N4O9. The lowest BCUT2D eigenvalue weighted by Gasteiger charge is -2.21. The number of aromatic nitrogens is 2. The number of hydrogen-bond acceptors (Lipinski definition) is 11. The Balaban J connectivity index is 0.000000203. The van der Waals surface area contributed by atoms with Crippen molar-refractivity contribution in [1.82, 2.24) is 20.1 Å². The molecule has 0 radical (unpaired) electrons. The lowest BCUT2D eigenvalue weighted by atomic mass is 10.1. The predicted octanol–water partition coefficient (Wildman–Crippen LogP) is 10.7. The van der Waals surface area contributed by atoms with Crippen molar-refractivity contribution in [2.45, 2.75) is 59.8 Å². The Kier molecular flexibility index (Phi) is 17.1. The number of ether oxygens (including phenoxy) is 2.